The summed E-state index contributed by atoms with van der Waals surface area (Å²) >= 11 is 3.44. The fourth-order valence-electron chi connectivity index (χ4n) is 2.77. The van der Waals surface area contributed by atoms with Crippen molar-refractivity contribution >= 4 is 32.9 Å². The van der Waals surface area contributed by atoms with E-state index in [0.717, 1.165) is 42.9 Å². The van der Waals surface area contributed by atoms with Crippen molar-refractivity contribution in [2.45, 2.75) is 36.9 Å². The summed E-state index contributed by atoms with van der Waals surface area (Å²) in [4.78, 5) is 18.7. The Hall–Kier alpha value is -1.36. The number of halogens is 1. The van der Waals surface area contributed by atoms with Gasteiger partial charge >= 0.3 is 0 Å². The van der Waals surface area contributed by atoms with Crippen LogP contribution >= 0.6 is 15.9 Å². The molecule has 0 N–H and O–H groups in total. The van der Waals surface area contributed by atoms with Gasteiger partial charge < -0.3 is 9.32 Å². The van der Waals surface area contributed by atoms with Crippen molar-refractivity contribution in [3.05, 3.63) is 30.2 Å². The van der Waals surface area contributed by atoms with Gasteiger partial charge in [0.15, 0.2) is 11.5 Å². The van der Waals surface area contributed by atoms with Crippen LogP contribution in [0, 0.1) is 0 Å². The number of likely N-dealkylation sites (tertiary alicyclic amines) is 1. The number of benzene rings is 1. The summed E-state index contributed by atoms with van der Waals surface area (Å²) in [5, 5.41) is 0. The van der Waals surface area contributed by atoms with Crippen molar-refractivity contribution in [3.8, 4) is 0 Å². The average molecular weight is 351 g/mol. The highest BCUT2D eigenvalue weighted by molar-refractivity contribution is 9.10. The second kappa shape index (κ2) is 5.44. The van der Waals surface area contributed by atoms with Gasteiger partial charge in [-0.2, -0.15) is 0 Å². The van der Waals surface area contributed by atoms with Gasteiger partial charge in [-0.05, 0) is 38.8 Å². The molecule has 112 valence electrons. The van der Waals surface area contributed by atoms with Gasteiger partial charge in [-0.25, -0.2) is 4.98 Å². The van der Waals surface area contributed by atoms with Crippen molar-refractivity contribution in [2.24, 2.45) is 0 Å². The van der Waals surface area contributed by atoms with E-state index in [1.54, 1.807) is 0 Å². The van der Waals surface area contributed by atoms with Gasteiger partial charge in [0, 0.05) is 19.0 Å². The molecule has 1 aliphatic rings. The Morgan fingerprint density at radius 2 is 2.00 bits per heavy atom. The van der Waals surface area contributed by atoms with Crippen LogP contribution in [0.5, 0.6) is 0 Å². The topological polar surface area (TPSA) is 46.3 Å². The number of hydrogen-bond donors (Lipinski definition) is 0. The highest BCUT2D eigenvalue weighted by Crippen LogP contribution is 2.31. The second-order valence-corrected chi connectivity index (χ2v) is 8.04. The van der Waals surface area contributed by atoms with E-state index in [-0.39, 0.29) is 5.91 Å². The van der Waals surface area contributed by atoms with Crippen molar-refractivity contribution in [2.75, 3.05) is 13.1 Å². The molecule has 21 heavy (non-hydrogen) atoms. The van der Waals surface area contributed by atoms with Gasteiger partial charge in [-0.1, -0.05) is 28.1 Å². The van der Waals surface area contributed by atoms with Crippen LogP contribution in [0.2, 0.25) is 0 Å². The maximum Gasteiger partial charge on any atom is 0.238 e. The van der Waals surface area contributed by atoms with E-state index < -0.39 is 4.32 Å². The van der Waals surface area contributed by atoms with Crippen LogP contribution in [0.15, 0.2) is 28.7 Å². The van der Waals surface area contributed by atoms with Crippen molar-refractivity contribution in [3.63, 3.8) is 0 Å². The maximum atomic E-state index is 12.2. The first kappa shape index (κ1) is 14.6. The zero-order chi connectivity index (χ0) is 15.0. The van der Waals surface area contributed by atoms with Crippen LogP contribution < -0.4 is 0 Å². The minimum Gasteiger partial charge on any atom is -0.440 e. The first-order chi connectivity index (χ1) is 9.95. The molecule has 0 saturated carbocycles. The molecule has 2 aromatic rings. The molecule has 1 amide bonds. The lowest BCUT2D eigenvalue weighted by molar-refractivity contribution is -0.133. The first-order valence-electron chi connectivity index (χ1n) is 7.29. The summed E-state index contributed by atoms with van der Waals surface area (Å²) in [5.74, 6) is 1.26. The number of nitrogens with zero attached hydrogens (tertiary/aromatic N) is 2. The predicted molar refractivity (Wildman–Crippen MR) is 85.6 cm³/mol. The average Bonchev–Trinajstić information content (AvgIpc) is 2.89. The van der Waals surface area contributed by atoms with Crippen LogP contribution in [0.3, 0.4) is 0 Å². The number of hydrogen-bond acceptors (Lipinski definition) is 3. The van der Waals surface area contributed by atoms with E-state index in [9.17, 15) is 4.79 Å². The molecule has 0 radical (unpaired) electrons. The van der Waals surface area contributed by atoms with E-state index in [4.69, 9.17) is 4.42 Å². The Bertz CT molecular complexity index is 619. The molecule has 0 spiro atoms. The molecular formula is C16H19BrN2O2. The van der Waals surface area contributed by atoms with Crippen LogP contribution in [0.1, 0.15) is 38.5 Å². The standard InChI is InChI=1S/C16H19BrN2O2/c1-16(2,17)15(20)19-9-7-11(8-10-19)14-18-12-5-3-4-6-13(12)21-14/h3-6,11H,7-10H2,1-2H3. The van der Waals surface area contributed by atoms with Crippen LogP contribution in [0.4, 0.5) is 0 Å². The maximum absolute atomic E-state index is 12.2. The number of piperidine rings is 1. The quantitative estimate of drug-likeness (QED) is 0.775. The molecule has 1 fully saturated rings. The number of fused-ring (bicyclic) bond motifs is 1. The van der Waals surface area contributed by atoms with E-state index in [2.05, 4.69) is 20.9 Å². The highest BCUT2D eigenvalue weighted by atomic mass is 79.9. The number of alkyl halides is 1. The normalized spacial score (nSPS) is 17.4. The number of carbonyl (C=O) groups is 1. The van der Waals surface area contributed by atoms with Crippen molar-refractivity contribution in [1.29, 1.82) is 0 Å². The molecular weight excluding hydrogens is 332 g/mol. The predicted octanol–water partition coefficient (Wildman–Crippen LogP) is 3.71. The lowest BCUT2D eigenvalue weighted by Gasteiger charge is -2.34. The Kier molecular flexibility index (Phi) is 3.78. The zero-order valence-electron chi connectivity index (χ0n) is 12.3. The molecule has 3 rings (SSSR count). The van der Waals surface area contributed by atoms with Crippen molar-refractivity contribution < 1.29 is 9.21 Å². The summed E-state index contributed by atoms with van der Waals surface area (Å²) < 4.78 is 5.36. The number of amides is 1. The van der Waals surface area contributed by atoms with Gasteiger partial charge in [-0.3, -0.25) is 4.79 Å². The Balaban J connectivity index is 1.69. The van der Waals surface area contributed by atoms with E-state index in [1.165, 1.54) is 0 Å². The third-order valence-corrected chi connectivity index (χ3v) is 4.29. The molecule has 1 aliphatic heterocycles. The van der Waals surface area contributed by atoms with Crippen molar-refractivity contribution in [1.82, 2.24) is 9.88 Å². The molecule has 2 heterocycles. The summed E-state index contributed by atoms with van der Waals surface area (Å²) in [6, 6.07) is 7.83. The van der Waals surface area contributed by atoms with Gasteiger partial charge in [0.25, 0.3) is 0 Å². The van der Waals surface area contributed by atoms with Crippen LogP contribution in [-0.4, -0.2) is 33.2 Å². The fraction of sp³-hybridized carbons (Fsp3) is 0.500. The second-order valence-electron chi connectivity index (χ2n) is 6.06. The molecule has 4 nitrogen and oxygen atoms in total. The minimum atomic E-state index is -0.489. The number of para-hydroxylation sites is 2. The highest BCUT2D eigenvalue weighted by Gasteiger charge is 2.33. The molecule has 5 heteroatoms. The monoisotopic (exact) mass is 350 g/mol. The molecule has 0 aliphatic carbocycles. The first-order valence-corrected chi connectivity index (χ1v) is 8.08. The molecule has 0 unspecified atom stereocenters. The smallest absolute Gasteiger partial charge is 0.238 e. The SMILES string of the molecule is CC(C)(Br)C(=O)N1CCC(c2nc3ccccc3o2)CC1. The van der Waals surface area contributed by atoms with Gasteiger partial charge in [0.1, 0.15) is 5.52 Å². The van der Waals surface area contributed by atoms with E-state index >= 15 is 0 Å². The van der Waals surface area contributed by atoms with E-state index in [1.807, 2.05) is 43.0 Å². The Labute approximate surface area is 132 Å². The minimum absolute atomic E-state index is 0.151. The fourth-order valence-corrected chi connectivity index (χ4v) is 3.02. The number of oxazole rings is 1. The van der Waals surface area contributed by atoms with Crippen LogP contribution in [0.25, 0.3) is 11.1 Å². The molecule has 1 aromatic carbocycles. The molecule has 0 bridgehead atoms. The van der Waals surface area contributed by atoms with Gasteiger partial charge in [0.05, 0.1) is 4.32 Å². The number of carbonyl (C=O) groups excluding carboxylic acids is 1. The Morgan fingerprint density at radius 3 is 2.62 bits per heavy atom. The number of aromatic nitrogens is 1. The summed E-state index contributed by atoms with van der Waals surface area (Å²) in [5.41, 5.74) is 1.75. The van der Waals surface area contributed by atoms with Gasteiger partial charge in [0.2, 0.25) is 5.91 Å². The molecule has 1 saturated heterocycles. The third kappa shape index (κ3) is 2.98. The zero-order valence-corrected chi connectivity index (χ0v) is 13.9. The molecule has 0 atom stereocenters. The van der Waals surface area contributed by atoms with E-state index in [0.29, 0.717) is 5.92 Å². The third-order valence-electron chi connectivity index (χ3n) is 3.95. The lowest BCUT2D eigenvalue weighted by Crippen LogP contribution is -2.45. The molecule has 1 aromatic heterocycles. The lowest BCUT2D eigenvalue weighted by atomic mass is 9.96. The summed E-state index contributed by atoms with van der Waals surface area (Å²) in [7, 11) is 0. The summed E-state index contributed by atoms with van der Waals surface area (Å²) in [6.07, 6.45) is 1.81. The van der Waals surface area contributed by atoms with Crippen LogP contribution in [-0.2, 0) is 4.79 Å². The Morgan fingerprint density at radius 1 is 1.33 bits per heavy atom. The largest absolute Gasteiger partial charge is 0.440 e. The van der Waals surface area contributed by atoms with Gasteiger partial charge in [-0.15, -0.1) is 0 Å². The summed E-state index contributed by atoms with van der Waals surface area (Å²) in [6.45, 7) is 5.30. The number of rotatable bonds is 2.